The molecule has 5 rings (SSSR count). The van der Waals surface area contributed by atoms with Crippen LogP contribution in [0.2, 0.25) is 0 Å². The molecule has 2 atom stereocenters. The third-order valence-corrected chi connectivity index (χ3v) is 8.22. The van der Waals surface area contributed by atoms with Crippen LogP contribution < -0.4 is 4.74 Å². The highest BCUT2D eigenvalue weighted by Gasteiger charge is 2.44. The minimum Gasteiger partial charge on any atom is -0.496 e. The number of hydrogen-bond acceptors (Lipinski definition) is 5. The monoisotopic (exact) mass is 712 g/mol. The van der Waals surface area contributed by atoms with Crippen LogP contribution in [0.5, 0.6) is 5.75 Å². The molecule has 0 aliphatic carbocycles. The molecule has 0 unspecified atom stereocenters. The Morgan fingerprint density at radius 2 is 1.46 bits per heavy atom. The number of carbonyl (C=O) groups excluding carboxylic acids is 1. The Kier molecular flexibility index (Phi) is 9.27. The fourth-order valence-electron chi connectivity index (χ4n) is 5.79. The van der Waals surface area contributed by atoms with Crippen molar-refractivity contribution in [3.63, 3.8) is 0 Å². The number of carboxylic acids is 1. The first-order valence-electron chi connectivity index (χ1n) is 14.6. The average Bonchev–Trinajstić information content (AvgIpc) is 3.31. The maximum atomic E-state index is 14.4. The number of nitrogens with zero attached hydrogens (tertiary/aromatic N) is 2. The standard InChI is InChI=1S/C34H25F9N2O5/c1-16-22(8-9-27(44-16)30(46)47)24-13-25(28(49-3)14-26(24)34(41,42)43)23-7-5-4-6-18(23)15-45-17(2)29(50-31(45)48)19-10-20(32(35,36)37)12-21(11-19)33(38,39)40/h4-14,17,29H,15H2,1-3H3,(H,46,47)/t17-,29-/m0/s1. The Hall–Kier alpha value is -5.28. The van der Waals surface area contributed by atoms with Crippen LogP contribution in [0.25, 0.3) is 22.3 Å². The van der Waals surface area contributed by atoms with Gasteiger partial charge in [-0.25, -0.2) is 14.6 Å². The molecule has 1 aliphatic heterocycles. The number of amides is 1. The van der Waals surface area contributed by atoms with Crippen LogP contribution in [-0.4, -0.2) is 40.2 Å². The molecule has 1 amide bonds. The lowest BCUT2D eigenvalue weighted by molar-refractivity contribution is -0.143. The first kappa shape index (κ1) is 36.0. The van der Waals surface area contributed by atoms with Crippen molar-refractivity contribution in [2.24, 2.45) is 0 Å². The van der Waals surface area contributed by atoms with Gasteiger partial charge >= 0.3 is 30.6 Å². The average molecular weight is 713 g/mol. The van der Waals surface area contributed by atoms with E-state index in [1.54, 1.807) is 12.1 Å². The van der Waals surface area contributed by atoms with E-state index in [2.05, 4.69) is 4.98 Å². The Balaban J connectivity index is 1.58. The molecule has 3 aromatic carbocycles. The molecule has 1 aromatic heterocycles. The molecular weight excluding hydrogens is 687 g/mol. The number of halogens is 9. The van der Waals surface area contributed by atoms with Gasteiger partial charge in [-0.3, -0.25) is 4.90 Å². The second-order valence-electron chi connectivity index (χ2n) is 11.4. The zero-order chi connectivity index (χ0) is 36.9. The highest BCUT2D eigenvalue weighted by atomic mass is 19.4. The number of rotatable bonds is 7. The summed E-state index contributed by atoms with van der Waals surface area (Å²) in [6, 6.07) is 10.2. The van der Waals surface area contributed by atoms with Crippen LogP contribution in [0.1, 0.15) is 57.0 Å². The van der Waals surface area contributed by atoms with Gasteiger partial charge in [-0.2, -0.15) is 39.5 Å². The molecule has 1 fully saturated rings. The van der Waals surface area contributed by atoms with E-state index >= 15 is 0 Å². The van der Waals surface area contributed by atoms with Gasteiger partial charge in [0.25, 0.3) is 0 Å². The van der Waals surface area contributed by atoms with Gasteiger partial charge in [-0.15, -0.1) is 0 Å². The lowest BCUT2D eigenvalue weighted by atomic mass is 9.90. The number of cyclic esters (lactones) is 1. The summed E-state index contributed by atoms with van der Waals surface area (Å²) >= 11 is 0. The smallest absolute Gasteiger partial charge is 0.417 e. The SMILES string of the molecule is COc1cc(C(F)(F)F)c(-c2ccc(C(=O)O)nc2C)cc1-c1ccccc1CN1C(=O)O[C@H](c2cc(C(F)(F)F)cc(C(F)(F)F)c2)[C@@H]1C. The van der Waals surface area contributed by atoms with Crippen molar-refractivity contribution in [2.75, 3.05) is 7.11 Å². The Bertz CT molecular complexity index is 1940. The zero-order valence-corrected chi connectivity index (χ0v) is 26.1. The first-order valence-corrected chi connectivity index (χ1v) is 14.6. The second-order valence-corrected chi connectivity index (χ2v) is 11.4. The van der Waals surface area contributed by atoms with Crippen molar-refractivity contribution >= 4 is 12.1 Å². The van der Waals surface area contributed by atoms with E-state index in [4.69, 9.17) is 9.47 Å². The Labute approximate surface area is 277 Å². The number of aryl methyl sites for hydroxylation is 1. The van der Waals surface area contributed by atoms with E-state index in [0.717, 1.165) is 24.1 Å². The summed E-state index contributed by atoms with van der Waals surface area (Å²) in [7, 11) is 1.14. The Morgan fingerprint density at radius 1 is 0.840 bits per heavy atom. The molecule has 50 heavy (non-hydrogen) atoms. The van der Waals surface area contributed by atoms with E-state index in [1.807, 2.05) is 0 Å². The van der Waals surface area contributed by atoms with Crippen LogP contribution in [0.4, 0.5) is 44.3 Å². The second kappa shape index (κ2) is 12.9. The number of aromatic carboxylic acids is 1. The third-order valence-electron chi connectivity index (χ3n) is 8.22. The number of carboxylic acid groups (broad SMARTS) is 1. The number of methoxy groups -OCH3 is 1. The van der Waals surface area contributed by atoms with Crippen LogP contribution in [0, 0.1) is 6.92 Å². The molecule has 16 heteroatoms. The predicted molar refractivity (Wildman–Crippen MR) is 159 cm³/mol. The fraction of sp³-hybridized carbons (Fsp3) is 0.265. The molecule has 0 saturated carbocycles. The van der Waals surface area contributed by atoms with Crippen LogP contribution in [0.3, 0.4) is 0 Å². The summed E-state index contributed by atoms with van der Waals surface area (Å²) < 4.78 is 135. The molecule has 7 nitrogen and oxygen atoms in total. The van der Waals surface area contributed by atoms with E-state index in [-0.39, 0.29) is 52.0 Å². The molecule has 1 saturated heterocycles. The minimum atomic E-state index is -5.13. The summed E-state index contributed by atoms with van der Waals surface area (Å²) in [5.74, 6) is -1.61. The predicted octanol–water partition coefficient (Wildman–Crippen LogP) is 9.57. The maximum absolute atomic E-state index is 14.4. The number of aromatic nitrogens is 1. The van der Waals surface area contributed by atoms with Crippen LogP contribution in [-0.2, 0) is 29.8 Å². The van der Waals surface area contributed by atoms with Gasteiger partial charge in [0.2, 0.25) is 0 Å². The van der Waals surface area contributed by atoms with Crippen molar-refractivity contribution in [1.82, 2.24) is 9.88 Å². The van der Waals surface area contributed by atoms with E-state index < -0.39 is 65.0 Å². The van der Waals surface area contributed by atoms with Crippen molar-refractivity contribution in [1.29, 1.82) is 0 Å². The third kappa shape index (κ3) is 7.05. The summed E-state index contributed by atoms with van der Waals surface area (Å²) in [4.78, 5) is 29.5. The number of benzene rings is 3. The summed E-state index contributed by atoms with van der Waals surface area (Å²) in [6.07, 6.45) is -17.7. The van der Waals surface area contributed by atoms with Gasteiger partial charge in [0.05, 0.1) is 36.4 Å². The normalized spacial score (nSPS) is 16.8. The topological polar surface area (TPSA) is 89.0 Å². The van der Waals surface area contributed by atoms with Crippen molar-refractivity contribution < 1.29 is 63.7 Å². The lowest BCUT2D eigenvalue weighted by Crippen LogP contribution is -2.31. The number of ether oxygens (including phenoxy) is 2. The number of carbonyl (C=O) groups is 2. The molecule has 1 aliphatic rings. The maximum Gasteiger partial charge on any atom is 0.417 e. The zero-order valence-electron chi connectivity index (χ0n) is 26.1. The van der Waals surface area contributed by atoms with Crippen molar-refractivity contribution in [2.45, 2.75) is 51.1 Å². The van der Waals surface area contributed by atoms with Gasteiger partial charge < -0.3 is 14.6 Å². The molecule has 264 valence electrons. The highest BCUT2D eigenvalue weighted by molar-refractivity contribution is 5.87. The van der Waals surface area contributed by atoms with Gasteiger partial charge in [0.15, 0.2) is 0 Å². The summed E-state index contributed by atoms with van der Waals surface area (Å²) in [5, 5.41) is 9.28. The molecular formula is C34H25F9N2O5. The van der Waals surface area contributed by atoms with Crippen molar-refractivity contribution in [3.05, 3.63) is 106 Å². The largest absolute Gasteiger partial charge is 0.496 e. The fourth-order valence-corrected chi connectivity index (χ4v) is 5.79. The number of alkyl halides is 9. The lowest BCUT2D eigenvalue weighted by Gasteiger charge is -2.24. The van der Waals surface area contributed by atoms with E-state index in [1.165, 1.54) is 38.1 Å². The van der Waals surface area contributed by atoms with Gasteiger partial charge in [-0.1, -0.05) is 30.3 Å². The van der Waals surface area contributed by atoms with Crippen molar-refractivity contribution in [3.8, 4) is 28.0 Å². The Morgan fingerprint density at radius 3 is 2.00 bits per heavy atom. The van der Waals surface area contributed by atoms with Gasteiger partial charge in [0.1, 0.15) is 17.5 Å². The summed E-state index contributed by atoms with van der Waals surface area (Å²) in [5.41, 5.74) is -4.87. The minimum absolute atomic E-state index is 0.0113. The van der Waals surface area contributed by atoms with Gasteiger partial charge in [-0.05, 0) is 72.5 Å². The number of hydrogen-bond donors (Lipinski definition) is 1. The highest BCUT2D eigenvalue weighted by Crippen LogP contribution is 2.46. The number of pyridine rings is 1. The first-order chi connectivity index (χ1) is 23.2. The molecule has 1 N–H and O–H groups in total. The molecule has 4 aromatic rings. The quantitative estimate of drug-likeness (QED) is 0.192. The van der Waals surface area contributed by atoms with E-state index in [0.29, 0.717) is 17.7 Å². The molecule has 0 spiro atoms. The summed E-state index contributed by atoms with van der Waals surface area (Å²) in [6.45, 7) is 2.41. The molecule has 0 bridgehead atoms. The van der Waals surface area contributed by atoms with E-state index in [9.17, 15) is 54.2 Å². The molecule has 2 heterocycles. The van der Waals surface area contributed by atoms with Crippen LogP contribution >= 0.6 is 0 Å². The van der Waals surface area contributed by atoms with Crippen LogP contribution in [0.15, 0.2) is 66.7 Å². The van der Waals surface area contributed by atoms with Gasteiger partial charge in [0, 0.05) is 16.8 Å². The molecule has 0 radical (unpaired) electrons.